The summed E-state index contributed by atoms with van der Waals surface area (Å²) in [6.07, 6.45) is 1.53. The van der Waals surface area contributed by atoms with Crippen molar-refractivity contribution >= 4 is 29.7 Å². The number of ether oxygens (including phenoxy) is 1. The van der Waals surface area contributed by atoms with E-state index in [1.807, 2.05) is 60.7 Å². The zero-order chi connectivity index (χ0) is 23.8. The maximum Gasteiger partial charge on any atom is 0.345 e. The van der Waals surface area contributed by atoms with Crippen molar-refractivity contribution in [3.63, 3.8) is 0 Å². The molecule has 0 aromatic heterocycles. The Bertz CT molecular complexity index is 1250. The normalized spacial score (nSPS) is 10.9. The van der Waals surface area contributed by atoms with Crippen molar-refractivity contribution in [3.8, 4) is 5.75 Å². The number of carbonyl (C=O) groups is 2. The Kier molecular flexibility index (Phi) is 7.48. The summed E-state index contributed by atoms with van der Waals surface area (Å²) < 4.78 is 5.37. The molecule has 34 heavy (non-hydrogen) atoms. The van der Waals surface area contributed by atoms with Crippen molar-refractivity contribution in [2.75, 3.05) is 0 Å². The number of rotatable bonds is 7. The number of esters is 1. The summed E-state index contributed by atoms with van der Waals surface area (Å²) in [4.78, 5) is 25.3. The van der Waals surface area contributed by atoms with Crippen molar-refractivity contribution in [2.24, 2.45) is 5.10 Å². The lowest BCUT2D eigenvalue weighted by atomic mass is 9.91. The SMILES string of the molecule is O=C(Oc1ccc(/C=N\NC(=O)C(c2ccccc2)c2ccccc2)cc1)c1ccccc1Cl. The maximum atomic E-state index is 13.0. The zero-order valence-electron chi connectivity index (χ0n) is 18.1. The van der Waals surface area contributed by atoms with Gasteiger partial charge in [-0.15, -0.1) is 0 Å². The summed E-state index contributed by atoms with van der Waals surface area (Å²) >= 11 is 6.04. The number of amides is 1. The van der Waals surface area contributed by atoms with Gasteiger partial charge in [0.2, 0.25) is 0 Å². The topological polar surface area (TPSA) is 67.8 Å². The second-order valence-corrected chi connectivity index (χ2v) is 7.83. The van der Waals surface area contributed by atoms with Gasteiger partial charge in [-0.3, -0.25) is 4.79 Å². The molecule has 4 rings (SSSR count). The Hall–Kier alpha value is -4.22. The molecule has 6 heteroatoms. The van der Waals surface area contributed by atoms with Crippen LogP contribution in [0.25, 0.3) is 0 Å². The van der Waals surface area contributed by atoms with E-state index >= 15 is 0 Å². The number of nitrogens with one attached hydrogen (secondary N) is 1. The minimum atomic E-state index is -0.535. The molecule has 1 amide bonds. The predicted octanol–water partition coefficient (Wildman–Crippen LogP) is 5.84. The second-order valence-electron chi connectivity index (χ2n) is 7.43. The molecule has 4 aromatic carbocycles. The standard InChI is InChI=1S/C28H21ClN2O3/c29-25-14-8-7-13-24(25)28(33)34-23-17-15-20(16-18-23)19-30-31-27(32)26(21-9-3-1-4-10-21)22-11-5-2-6-12-22/h1-19,26H,(H,31,32)/b30-19-. The Morgan fingerprint density at radius 3 is 1.91 bits per heavy atom. The van der Waals surface area contributed by atoms with Crippen molar-refractivity contribution in [2.45, 2.75) is 5.92 Å². The molecule has 0 aliphatic rings. The third-order valence-electron chi connectivity index (χ3n) is 5.10. The number of carbonyl (C=O) groups excluding carboxylic acids is 2. The van der Waals surface area contributed by atoms with E-state index in [-0.39, 0.29) is 5.91 Å². The number of hydrogen-bond donors (Lipinski definition) is 1. The van der Waals surface area contributed by atoms with E-state index in [1.54, 1.807) is 48.5 Å². The van der Waals surface area contributed by atoms with Gasteiger partial charge in [-0.1, -0.05) is 84.4 Å². The highest BCUT2D eigenvalue weighted by Crippen LogP contribution is 2.24. The number of nitrogens with zero attached hydrogens (tertiary/aromatic N) is 1. The molecule has 0 radical (unpaired) electrons. The minimum Gasteiger partial charge on any atom is -0.423 e. The monoisotopic (exact) mass is 468 g/mol. The summed E-state index contributed by atoms with van der Waals surface area (Å²) in [5, 5.41) is 4.44. The zero-order valence-corrected chi connectivity index (χ0v) is 18.9. The molecular formula is C28H21ClN2O3. The maximum absolute atomic E-state index is 13.0. The van der Waals surface area contributed by atoms with Gasteiger partial charge in [0.15, 0.2) is 0 Å². The van der Waals surface area contributed by atoms with E-state index in [0.29, 0.717) is 16.3 Å². The average molecular weight is 469 g/mol. The van der Waals surface area contributed by atoms with Gasteiger partial charge in [-0.25, -0.2) is 10.2 Å². The first-order chi connectivity index (χ1) is 16.6. The molecule has 168 valence electrons. The van der Waals surface area contributed by atoms with Crippen LogP contribution in [-0.4, -0.2) is 18.1 Å². The van der Waals surface area contributed by atoms with E-state index in [1.165, 1.54) is 6.21 Å². The summed E-state index contributed by atoms with van der Waals surface area (Å²) in [5.41, 5.74) is 5.42. The molecule has 0 fully saturated rings. The third-order valence-corrected chi connectivity index (χ3v) is 5.43. The Morgan fingerprint density at radius 2 is 1.32 bits per heavy atom. The van der Waals surface area contributed by atoms with Gasteiger partial charge in [0.25, 0.3) is 5.91 Å². The van der Waals surface area contributed by atoms with Gasteiger partial charge in [-0.05, 0) is 53.1 Å². The van der Waals surface area contributed by atoms with Crippen LogP contribution in [0.2, 0.25) is 5.02 Å². The third kappa shape index (κ3) is 5.77. The number of hydrogen-bond acceptors (Lipinski definition) is 4. The van der Waals surface area contributed by atoms with Crippen molar-refractivity contribution < 1.29 is 14.3 Å². The van der Waals surface area contributed by atoms with Crippen LogP contribution < -0.4 is 10.2 Å². The molecule has 1 N–H and O–H groups in total. The highest BCUT2D eigenvalue weighted by atomic mass is 35.5. The van der Waals surface area contributed by atoms with Crippen LogP contribution in [0.1, 0.15) is 33.0 Å². The first kappa shape index (κ1) is 23.0. The molecule has 0 unspecified atom stereocenters. The molecular weight excluding hydrogens is 448 g/mol. The molecule has 4 aromatic rings. The second kappa shape index (κ2) is 11.1. The van der Waals surface area contributed by atoms with E-state index in [2.05, 4.69) is 10.5 Å². The lowest BCUT2D eigenvalue weighted by Crippen LogP contribution is -2.26. The number of hydrazone groups is 1. The number of benzene rings is 4. The average Bonchev–Trinajstić information content (AvgIpc) is 2.87. The Morgan fingerprint density at radius 1 is 0.765 bits per heavy atom. The van der Waals surface area contributed by atoms with Crippen LogP contribution in [0.4, 0.5) is 0 Å². The highest BCUT2D eigenvalue weighted by molar-refractivity contribution is 6.33. The molecule has 0 saturated heterocycles. The first-order valence-electron chi connectivity index (χ1n) is 10.6. The van der Waals surface area contributed by atoms with Gasteiger partial charge in [-0.2, -0.15) is 5.10 Å². The van der Waals surface area contributed by atoms with E-state index in [0.717, 1.165) is 16.7 Å². The summed E-state index contributed by atoms with van der Waals surface area (Å²) in [6.45, 7) is 0. The largest absolute Gasteiger partial charge is 0.423 e. The summed E-state index contributed by atoms with van der Waals surface area (Å²) in [5.74, 6) is -0.878. The smallest absolute Gasteiger partial charge is 0.345 e. The van der Waals surface area contributed by atoms with Crippen molar-refractivity contribution in [1.82, 2.24) is 5.43 Å². The van der Waals surface area contributed by atoms with Crippen LogP contribution in [0, 0.1) is 0 Å². The van der Waals surface area contributed by atoms with Crippen molar-refractivity contribution in [3.05, 3.63) is 136 Å². The molecule has 0 bridgehead atoms. The molecule has 0 atom stereocenters. The molecule has 0 aliphatic heterocycles. The fourth-order valence-corrected chi connectivity index (χ4v) is 3.64. The Labute approximate surface area is 202 Å². The molecule has 0 heterocycles. The lowest BCUT2D eigenvalue weighted by Gasteiger charge is -2.16. The molecule has 5 nitrogen and oxygen atoms in total. The molecule has 0 saturated carbocycles. The van der Waals surface area contributed by atoms with Crippen LogP contribution in [-0.2, 0) is 4.79 Å². The van der Waals surface area contributed by atoms with Gasteiger partial charge in [0.1, 0.15) is 5.75 Å². The quantitative estimate of drug-likeness (QED) is 0.160. The fourth-order valence-electron chi connectivity index (χ4n) is 3.43. The molecule has 0 spiro atoms. The summed E-state index contributed by atoms with van der Waals surface area (Å²) in [6, 6.07) is 32.6. The van der Waals surface area contributed by atoms with Crippen LogP contribution in [0.5, 0.6) is 5.75 Å². The van der Waals surface area contributed by atoms with Crippen LogP contribution in [0.15, 0.2) is 114 Å². The van der Waals surface area contributed by atoms with Gasteiger partial charge < -0.3 is 4.74 Å². The first-order valence-corrected chi connectivity index (χ1v) is 11.0. The number of halogens is 1. The van der Waals surface area contributed by atoms with Crippen molar-refractivity contribution in [1.29, 1.82) is 0 Å². The van der Waals surface area contributed by atoms with Gasteiger partial charge in [0, 0.05) is 0 Å². The summed E-state index contributed by atoms with van der Waals surface area (Å²) in [7, 11) is 0. The predicted molar refractivity (Wildman–Crippen MR) is 133 cm³/mol. The fraction of sp³-hybridized carbons (Fsp3) is 0.0357. The van der Waals surface area contributed by atoms with E-state index < -0.39 is 11.9 Å². The minimum absolute atomic E-state index is 0.237. The van der Waals surface area contributed by atoms with Crippen LogP contribution >= 0.6 is 11.6 Å². The van der Waals surface area contributed by atoms with E-state index in [9.17, 15) is 9.59 Å². The van der Waals surface area contributed by atoms with Crippen LogP contribution in [0.3, 0.4) is 0 Å². The lowest BCUT2D eigenvalue weighted by molar-refractivity contribution is -0.121. The molecule has 0 aliphatic carbocycles. The van der Waals surface area contributed by atoms with E-state index in [4.69, 9.17) is 16.3 Å². The van der Waals surface area contributed by atoms with Gasteiger partial charge >= 0.3 is 5.97 Å². The Balaban J connectivity index is 1.41. The van der Waals surface area contributed by atoms with Gasteiger partial charge in [0.05, 0.1) is 22.7 Å². The highest BCUT2D eigenvalue weighted by Gasteiger charge is 2.22.